The maximum absolute atomic E-state index is 12.1. The van der Waals surface area contributed by atoms with E-state index < -0.39 is 11.9 Å². The molecule has 140 valence electrons. The Hall–Kier alpha value is -2.54. The molecule has 1 heterocycles. The first-order valence-electron chi connectivity index (χ1n) is 8.38. The largest absolute Gasteiger partial charge is 0.490 e. The highest BCUT2D eigenvalue weighted by Gasteiger charge is 2.15. The van der Waals surface area contributed by atoms with Crippen molar-refractivity contribution in [1.82, 2.24) is 0 Å². The van der Waals surface area contributed by atoms with E-state index in [0.717, 1.165) is 9.75 Å². The van der Waals surface area contributed by atoms with Crippen LogP contribution in [0, 0.1) is 13.8 Å². The second-order valence-corrected chi connectivity index (χ2v) is 6.94. The van der Waals surface area contributed by atoms with Gasteiger partial charge in [-0.1, -0.05) is 0 Å². The van der Waals surface area contributed by atoms with Gasteiger partial charge in [-0.15, -0.1) is 11.3 Å². The number of carbonyl (C=O) groups is 2. The molecule has 2 rings (SSSR count). The second-order valence-electron chi connectivity index (χ2n) is 5.48. The van der Waals surface area contributed by atoms with Gasteiger partial charge in [-0.25, -0.2) is 4.79 Å². The van der Waals surface area contributed by atoms with Crippen LogP contribution in [0.1, 0.15) is 34.0 Å². The van der Waals surface area contributed by atoms with Crippen LogP contribution >= 0.6 is 11.3 Å². The van der Waals surface area contributed by atoms with Gasteiger partial charge in [-0.3, -0.25) is 4.79 Å². The van der Waals surface area contributed by atoms with E-state index in [-0.39, 0.29) is 6.61 Å². The third kappa shape index (κ3) is 5.23. The molecule has 0 aliphatic carbocycles. The molecule has 1 aromatic heterocycles. The van der Waals surface area contributed by atoms with Crippen molar-refractivity contribution in [3.63, 3.8) is 0 Å². The second kappa shape index (κ2) is 9.24. The third-order valence-corrected chi connectivity index (χ3v) is 4.39. The molecule has 0 aliphatic heterocycles. The topological polar surface area (TPSA) is 73.9 Å². The highest BCUT2D eigenvalue weighted by atomic mass is 32.1. The normalized spacial score (nSPS) is 10.3. The Morgan fingerprint density at radius 2 is 1.73 bits per heavy atom. The maximum atomic E-state index is 12.1. The summed E-state index contributed by atoms with van der Waals surface area (Å²) in [6, 6.07) is 6.88. The third-order valence-electron chi connectivity index (χ3n) is 3.42. The van der Waals surface area contributed by atoms with Gasteiger partial charge in [0.25, 0.3) is 5.91 Å². The Kier molecular flexibility index (Phi) is 7.03. The highest BCUT2D eigenvalue weighted by molar-refractivity contribution is 7.12. The zero-order valence-corrected chi connectivity index (χ0v) is 16.2. The Bertz CT molecular complexity index is 784. The minimum absolute atomic E-state index is 0.357. The Morgan fingerprint density at radius 1 is 1.04 bits per heavy atom. The number of hydrogen-bond acceptors (Lipinski definition) is 6. The van der Waals surface area contributed by atoms with Crippen molar-refractivity contribution in [3.05, 3.63) is 39.6 Å². The van der Waals surface area contributed by atoms with Crippen LogP contribution in [0.4, 0.5) is 5.69 Å². The minimum atomic E-state index is -0.497. The Labute approximate surface area is 157 Å². The smallest absolute Gasteiger partial charge is 0.339 e. The first-order valence-corrected chi connectivity index (χ1v) is 9.19. The average Bonchev–Trinajstić information content (AvgIpc) is 2.94. The summed E-state index contributed by atoms with van der Waals surface area (Å²) in [4.78, 5) is 26.0. The van der Waals surface area contributed by atoms with Crippen LogP contribution in [0.2, 0.25) is 0 Å². The lowest BCUT2D eigenvalue weighted by Gasteiger charge is -2.13. The summed E-state index contributed by atoms with van der Waals surface area (Å²) < 4.78 is 16.1. The van der Waals surface area contributed by atoms with E-state index in [0.29, 0.717) is 36.0 Å². The van der Waals surface area contributed by atoms with Crippen molar-refractivity contribution in [2.75, 3.05) is 25.1 Å². The number of rotatable bonds is 8. The zero-order valence-electron chi connectivity index (χ0n) is 15.4. The summed E-state index contributed by atoms with van der Waals surface area (Å²) in [5, 5.41) is 2.69. The summed E-state index contributed by atoms with van der Waals surface area (Å²) in [6.45, 7) is 8.17. The van der Waals surface area contributed by atoms with E-state index >= 15 is 0 Å². The van der Waals surface area contributed by atoms with Gasteiger partial charge in [-0.05, 0) is 45.9 Å². The lowest BCUT2D eigenvalue weighted by molar-refractivity contribution is -0.119. The van der Waals surface area contributed by atoms with Crippen LogP contribution in [0.3, 0.4) is 0 Å². The van der Waals surface area contributed by atoms with Crippen LogP contribution in [-0.4, -0.2) is 31.7 Å². The van der Waals surface area contributed by atoms with Crippen LogP contribution in [0.25, 0.3) is 0 Å². The molecule has 26 heavy (non-hydrogen) atoms. The Morgan fingerprint density at radius 3 is 2.35 bits per heavy atom. The van der Waals surface area contributed by atoms with Gasteiger partial charge < -0.3 is 19.5 Å². The number of amides is 1. The molecule has 0 fully saturated rings. The van der Waals surface area contributed by atoms with E-state index in [9.17, 15) is 9.59 Å². The van der Waals surface area contributed by atoms with E-state index in [1.165, 1.54) is 11.3 Å². The standard InChI is InChI=1S/C19H23NO5S/c1-5-23-16-8-7-14(10-17(16)24-6-2)20-18(21)11-25-19(22)15-9-12(3)26-13(15)4/h7-10H,5-6,11H2,1-4H3,(H,20,21). The van der Waals surface area contributed by atoms with E-state index in [2.05, 4.69) is 5.32 Å². The molecular formula is C19H23NO5S. The van der Waals surface area contributed by atoms with E-state index in [1.54, 1.807) is 24.3 Å². The molecule has 1 amide bonds. The number of aryl methyl sites for hydroxylation is 2. The van der Waals surface area contributed by atoms with Crippen LogP contribution < -0.4 is 14.8 Å². The van der Waals surface area contributed by atoms with E-state index in [1.807, 2.05) is 27.7 Å². The number of esters is 1. The van der Waals surface area contributed by atoms with Gasteiger partial charge in [0.05, 0.1) is 18.8 Å². The molecule has 2 aromatic rings. The van der Waals surface area contributed by atoms with Gasteiger partial charge in [0.1, 0.15) is 0 Å². The summed E-state index contributed by atoms with van der Waals surface area (Å²) in [6.07, 6.45) is 0. The average molecular weight is 377 g/mol. The number of thiophene rings is 1. The number of carbonyl (C=O) groups excluding carboxylic acids is 2. The molecule has 1 N–H and O–H groups in total. The van der Waals surface area contributed by atoms with Gasteiger partial charge in [0.15, 0.2) is 18.1 Å². The SMILES string of the molecule is CCOc1ccc(NC(=O)COC(=O)c2cc(C)sc2C)cc1OCC. The van der Waals surface area contributed by atoms with Crippen LogP contribution in [-0.2, 0) is 9.53 Å². The van der Waals surface area contributed by atoms with Crippen molar-refractivity contribution in [1.29, 1.82) is 0 Å². The molecule has 1 aromatic carbocycles. The first-order chi connectivity index (χ1) is 12.4. The molecule has 0 saturated heterocycles. The molecule has 0 bridgehead atoms. The first kappa shape index (κ1) is 19.8. The van der Waals surface area contributed by atoms with Crippen molar-refractivity contribution < 1.29 is 23.8 Å². The number of ether oxygens (including phenoxy) is 3. The fourth-order valence-electron chi connectivity index (χ4n) is 2.37. The number of hydrogen-bond donors (Lipinski definition) is 1. The molecular weight excluding hydrogens is 354 g/mol. The maximum Gasteiger partial charge on any atom is 0.339 e. The van der Waals surface area contributed by atoms with Gasteiger partial charge in [-0.2, -0.15) is 0 Å². The fourth-order valence-corrected chi connectivity index (χ4v) is 3.28. The van der Waals surface area contributed by atoms with Crippen molar-refractivity contribution in [3.8, 4) is 11.5 Å². The monoisotopic (exact) mass is 377 g/mol. The van der Waals surface area contributed by atoms with Crippen LogP contribution in [0.15, 0.2) is 24.3 Å². The molecule has 0 atom stereocenters. The molecule has 0 radical (unpaired) electrons. The van der Waals surface area contributed by atoms with Crippen LogP contribution in [0.5, 0.6) is 11.5 Å². The molecule has 6 nitrogen and oxygen atoms in total. The van der Waals surface area contributed by atoms with Gasteiger partial charge >= 0.3 is 5.97 Å². The molecule has 0 aliphatic rings. The van der Waals surface area contributed by atoms with Crippen molar-refractivity contribution in [2.24, 2.45) is 0 Å². The predicted molar refractivity (Wildman–Crippen MR) is 101 cm³/mol. The van der Waals surface area contributed by atoms with Gasteiger partial charge in [0.2, 0.25) is 0 Å². The fraction of sp³-hybridized carbons (Fsp3) is 0.368. The zero-order chi connectivity index (χ0) is 19.1. The summed E-state index contributed by atoms with van der Waals surface area (Å²) in [5.41, 5.74) is 1.04. The molecule has 7 heteroatoms. The van der Waals surface area contributed by atoms with Crippen molar-refractivity contribution >= 4 is 28.9 Å². The summed E-state index contributed by atoms with van der Waals surface area (Å²) >= 11 is 1.52. The quantitative estimate of drug-likeness (QED) is 0.705. The molecule has 0 spiro atoms. The number of nitrogens with one attached hydrogen (secondary N) is 1. The van der Waals surface area contributed by atoms with Gasteiger partial charge in [0, 0.05) is 21.5 Å². The minimum Gasteiger partial charge on any atom is -0.490 e. The Balaban J connectivity index is 1.95. The predicted octanol–water partition coefficient (Wildman–Crippen LogP) is 3.96. The summed E-state index contributed by atoms with van der Waals surface area (Å²) in [7, 11) is 0. The number of anilines is 1. The number of benzene rings is 1. The molecule has 0 unspecified atom stereocenters. The highest BCUT2D eigenvalue weighted by Crippen LogP contribution is 2.30. The van der Waals surface area contributed by atoms with E-state index in [4.69, 9.17) is 14.2 Å². The lowest BCUT2D eigenvalue weighted by Crippen LogP contribution is -2.21. The summed E-state index contributed by atoms with van der Waals surface area (Å²) in [5.74, 6) is 0.244. The molecule has 0 saturated carbocycles. The van der Waals surface area contributed by atoms with Crippen molar-refractivity contribution in [2.45, 2.75) is 27.7 Å². The lowest BCUT2D eigenvalue weighted by atomic mass is 10.2.